The quantitative estimate of drug-likeness (QED) is 0.237. The Morgan fingerprint density at radius 1 is 1.75 bits per heavy atom. The first-order valence-corrected chi connectivity index (χ1v) is 0.424. The van der Waals surface area contributed by atoms with Crippen molar-refractivity contribution in [1.82, 2.24) is 6.15 Å². The SMILES string of the molecule is [N-]=[N+]=N.[N]. The molecule has 3 radical (unpaired) electrons. The van der Waals surface area contributed by atoms with Gasteiger partial charge < -0.3 is 0 Å². The van der Waals surface area contributed by atoms with Crippen LogP contribution in [-0.2, 0) is 0 Å². The van der Waals surface area contributed by atoms with Gasteiger partial charge in [-0.3, -0.25) is 0 Å². The standard InChI is InChI=1S/HN3.N/c1-3-2;/h1H;. The van der Waals surface area contributed by atoms with Gasteiger partial charge in [0.2, 0.25) is 0 Å². The Hall–Kier alpha value is -0.730. The zero-order valence-corrected chi connectivity index (χ0v) is 1.84. The van der Waals surface area contributed by atoms with Crippen molar-refractivity contribution in [3.63, 3.8) is 0 Å². The number of hydrogen-bond donors (Lipinski definition) is 1. The Labute approximate surface area is 23.4 Å². The topological polar surface area (TPSA) is 90.8 Å². The molecule has 4 heteroatoms. The first-order chi connectivity index (χ1) is 1.41. The normalized spacial score (nSPS) is 2.00. The average Bonchev–Trinajstić information content (AvgIpc) is 0.918. The second-order valence-corrected chi connectivity index (χ2v) is 0.100. The molecule has 0 aliphatic rings. The molecule has 0 spiro atoms. The Morgan fingerprint density at radius 2 is 1.75 bits per heavy atom. The van der Waals surface area contributed by atoms with Crippen LogP contribution >= 0.6 is 0 Å². The van der Waals surface area contributed by atoms with E-state index >= 15 is 0 Å². The van der Waals surface area contributed by atoms with E-state index in [1.165, 1.54) is 0 Å². The number of rotatable bonds is 0. The maximum Gasteiger partial charge on any atom is 0 e. The van der Waals surface area contributed by atoms with Crippen LogP contribution in [0.2, 0.25) is 0 Å². The van der Waals surface area contributed by atoms with E-state index in [1.54, 1.807) is 4.91 Å². The summed E-state index contributed by atoms with van der Waals surface area (Å²) in [5, 5.41) is 0. The zero-order chi connectivity index (χ0) is 2.71. The van der Waals surface area contributed by atoms with Gasteiger partial charge in [0, 0.05) is 6.15 Å². The van der Waals surface area contributed by atoms with Crippen LogP contribution in [0.3, 0.4) is 0 Å². The molecule has 0 amide bonds. The van der Waals surface area contributed by atoms with Gasteiger partial charge in [0.25, 0.3) is 0 Å². The highest BCUT2D eigenvalue weighted by molar-refractivity contribution is 4.18. The molecule has 0 aromatic heterocycles. The van der Waals surface area contributed by atoms with Crippen LogP contribution in [0.1, 0.15) is 0 Å². The molecule has 21 valence electrons. The molecule has 0 aliphatic heterocycles. The summed E-state index contributed by atoms with van der Waals surface area (Å²) in [6.07, 6.45) is 0. The van der Waals surface area contributed by atoms with Crippen LogP contribution in [0, 0.1) is 5.53 Å². The van der Waals surface area contributed by atoms with E-state index in [9.17, 15) is 0 Å². The van der Waals surface area contributed by atoms with E-state index in [0.717, 1.165) is 0 Å². The highest BCUT2D eigenvalue weighted by atomic mass is 15.0. The number of hydrogen-bond acceptors (Lipinski definition) is 1. The molecule has 0 bridgehead atoms. The molecule has 0 aliphatic carbocycles. The number of nitrogens with zero attached hydrogens (tertiary/aromatic N) is 3. The molecule has 0 atom stereocenters. The Kier molecular flexibility index (Phi) is 131. The molecule has 0 aromatic rings. The Morgan fingerprint density at radius 3 is 1.75 bits per heavy atom. The van der Waals surface area contributed by atoms with Crippen LogP contribution in [0.15, 0.2) is 0 Å². The van der Waals surface area contributed by atoms with E-state index < -0.39 is 0 Å². The van der Waals surface area contributed by atoms with Crippen molar-refractivity contribution in [2.45, 2.75) is 0 Å². The second-order valence-electron chi connectivity index (χ2n) is 0.100. The molecular formula is HN4. The van der Waals surface area contributed by atoms with Crippen molar-refractivity contribution < 1.29 is 0 Å². The minimum Gasteiger partial charge on any atom is -0.108 e. The summed E-state index contributed by atoms with van der Waals surface area (Å²) in [5.74, 6) is 0. The molecule has 0 rings (SSSR count). The minimum atomic E-state index is 0. The van der Waals surface area contributed by atoms with Crippen molar-refractivity contribution in [2.75, 3.05) is 0 Å². The summed E-state index contributed by atoms with van der Waals surface area (Å²) in [6, 6.07) is 0. The van der Waals surface area contributed by atoms with Gasteiger partial charge in [0.1, 0.15) is 0 Å². The number of nitrogens with one attached hydrogen (secondary N) is 1. The largest absolute Gasteiger partial charge is 0.108 e. The first kappa shape index (κ1) is 10.4. The molecular weight excluding hydrogens is 56.0 g/mol. The van der Waals surface area contributed by atoms with Crippen molar-refractivity contribution in [3.8, 4) is 0 Å². The van der Waals surface area contributed by atoms with E-state index in [2.05, 4.69) is 0 Å². The maximum absolute atomic E-state index is 6.86. The molecule has 0 heterocycles. The van der Waals surface area contributed by atoms with Crippen LogP contribution in [0.5, 0.6) is 0 Å². The fraction of sp³-hybridized carbons (Fsp3) is 0. The Bertz CT molecular complexity index is 21.0. The van der Waals surface area contributed by atoms with Crippen LogP contribution in [0.4, 0.5) is 0 Å². The zero-order valence-electron chi connectivity index (χ0n) is 1.84. The summed E-state index contributed by atoms with van der Waals surface area (Å²) in [5.41, 5.74) is 12.2. The van der Waals surface area contributed by atoms with E-state index in [-0.39, 0.29) is 6.15 Å². The molecule has 4 heavy (non-hydrogen) atoms. The van der Waals surface area contributed by atoms with Gasteiger partial charge in [-0.05, 0) is 10.4 Å². The van der Waals surface area contributed by atoms with Gasteiger partial charge in [-0.1, -0.05) is 0 Å². The molecule has 0 fully saturated rings. The fourth-order valence-corrected chi connectivity index (χ4v) is 0. The maximum atomic E-state index is 6.86. The lowest BCUT2D eigenvalue weighted by Crippen LogP contribution is -0.769. The molecule has 0 saturated carbocycles. The van der Waals surface area contributed by atoms with Gasteiger partial charge in [-0.15, -0.1) is 5.53 Å². The fourth-order valence-electron chi connectivity index (χ4n) is 0. The summed E-state index contributed by atoms with van der Waals surface area (Å²) in [7, 11) is 0. The van der Waals surface area contributed by atoms with Crippen molar-refractivity contribution in [2.24, 2.45) is 0 Å². The predicted octanol–water partition coefficient (Wildman–Crippen LogP) is 0.395. The second kappa shape index (κ2) is 50.2. The van der Waals surface area contributed by atoms with E-state index in [1.807, 2.05) is 0 Å². The van der Waals surface area contributed by atoms with Gasteiger partial charge in [0.05, 0.1) is 0 Å². The monoisotopic (exact) mass is 57.0 g/mol. The molecule has 0 saturated heterocycles. The molecule has 0 aromatic carbocycles. The predicted molar refractivity (Wildman–Crippen MR) is 11.6 cm³/mol. The summed E-state index contributed by atoms with van der Waals surface area (Å²) >= 11 is 0. The van der Waals surface area contributed by atoms with Crippen LogP contribution in [0.25, 0.3) is 10.4 Å². The highest BCUT2D eigenvalue weighted by Gasteiger charge is 0.973. The average molecular weight is 57.0 g/mol. The van der Waals surface area contributed by atoms with E-state index in [0.29, 0.717) is 0 Å². The van der Waals surface area contributed by atoms with Crippen molar-refractivity contribution >= 4 is 0 Å². The van der Waals surface area contributed by atoms with Crippen molar-refractivity contribution in [1.29, 1.82) is 5.53 Å². The van der Waals surface area contributed by atoms with E-state index in [4.69, 9.17) is 11.1 Å². The lowest BCUT2D eigenvalue weighted by molar-refractivity contribution is 1.45. The van der Waals surface area contributed by atoms with Gasteiger partial charge in [0.15, 0.2) is 0 Å². The smallest absolute Gasteiger partial charge is 0 e. The third-order valence-electron chi connectivity index (χ3n) is 0. The summed E-state index contributed by atoms with van der Waals surface area (Å²) in [4.78, 5) is 1.75. The van der Waals surface area contributed by atoms with Gasteiger partial charge in [-0.2, -0.15) is 0 Å². The molecule has 1 N–H and O–H groups in total. The van der Waals surface area contributed by atoms with Gasteiger partial charge in [-0.25, -0.2) is 0 Å². The highest BCUT2D eigenvalue weighted by Crippen LogP contribution is 1.24. The Balaban J connectivity index is 0. The summed E-state index contributed by atoms with van der Waals surface area (Å²) in [6.45, 7) is 0. The lowest BCUT2D eigenvalue weighted by atomic mass is 13.0. The summed E-state index contributed by atoms with van der Waals surface area (Å²) < 4.78 is 0. The molecule has 4 nitrogen and oxygen atoms in total. The lowest BCUT2D eigenvalue weighted by Gasteiger charge is -1.03. The minimum absolute atomic E-state index is 0. The third-order valence-corrected chi connectivity index (χ3v) is 0. The first-order valence-electron chi connectivity index (χ1n) is 0.424. The van der Waals surface area contributed by atoms with Crippen LogP contribution < -0.4 is 6.15 Å². The van der Waals surface area contributed by atoms with Crippen molar-refractivity contribution in [3.05, 3.63) is 10.4 Å². The van der Waals surface area contributed by atoms with Crippen LogP contribution in [-0.4, -0.2) is 0 Å². The third kappa shape index (κ3) is 0.174. The molecule has 0 unspecified atom stereocenters. The van der Waals surface area contributed by atoms with Gasteiger partial charge >= 0.3 is 0 Å².